The Bertz CT molecular complexity index is 46.5. The van der Waals surface area contributed by atoms with Crippen molar-refractivity contribution in [2.24, 2.45) is 0 Å². The van der Waals surface area contributed by atoms with Gasteiger partial charge in [0, 0.05) is 12.5 Å². The van der Waals surface area contributed by atoms with Crippen molar-refractivity contribution < 1.29 is 5.11 Å². The van der Waals surface area contributed by atoms with Crippen LogP contribution in [0.25, 0.3) is 0 Å². The molecule has 0 atom stereocenters. The Morgan fingerprint density at radius 1 is 1.11 bits per heavy atom. The van der Waals surface area contributed by atoms with Gasteiger partial charge in [-0.3, -0.25) is 0 Å². The lowest BCUT2D eigenvalue weighted by atomic mass is 10.00. The maximum absolute atomic E-state index is 8.75. The van der Waals surface area contributed by atoms with E-state index in [1.807, 2.05) is 0 Å². The van der Waals surface area contributed by atoms with Gasteiger partial charge in [-0.15, -0.1) is 0 Å². The van der Waals surface area contributed by atoms with Gasteiger partial charge in [-0.2, -0.15) is 0 Å². The van der Waals surface area contributed by atoms with Crippen LogP contribution in [-0.2, 0) is 0 Å². The lowest BCUT2D eigenvalue weighted by Crippen LogP contribution is -2.01. The summed E-state index contributed by atoms with van der Waals surface area (Å²) in [6.07, 6.45) is 4.53. The van der Waals surface area contributed by atoms with E-state index in [1.165, 1.54) is 5.92 Å². The van der Waals surface area contributed by atoms with E-state index >= 15 is 0 Å². The molecule has 1 radical (unpaired) electrons. The zero-order chi connectivity index (χ0) is 7.11. The molecular weight excluding hydrogens is 112 g/mol. The second-order valence-corrected chi connectivity index (χ2v) is 2.41. The Morgan fingerprint density at radius 2 is 1.56 bits per heavy atom. The minimum Gasteiger partial charge on any atom is -0.396 e. The van der Waals surface area contributed by atoms with Gasteiger partial charge in [0.15, 0.2) is 0 Å². The van der Waals surface area contributed by atoms with E-state index in [9.17, 15) is 0 Å². The topological polar surface area (TPSA) is 20.2 Å². The lowest BCUT2D eigenvalue weighted by Gasteiger charge is -2.08. The molecule has 0 aliphatic heterocycles. The van der Waals surface area contributed by atoms with E-state index < -0.39 is 0 Å². The first-order chi connectivity index (χ1) is 4.35. The number of hydrogen-bond acceptors (Lipinski definition) is 1. The van der Waals surface area contributed by atoms with Gasteiger partial charge in [0.1, 0.15) is 0 Å². The van der Waals surface area contributed by atoms with Gasteiger partial charge in [0.05, 0.1) is 0 Å². The van der Waals surface area contributed by atoms with Crippen LogP contribution < -0.4 is 0 Å². The summed E-state index contributed by atoms with van der Waals surface area (Å²) >= 11 is 0. The van der Waals surface area contributed by atoms with Crippen molar-refractivity contribution >= 4 is 0 Å². The Hall–Kier alpha value is -0.0400. The van der Waals surface area contributed by atoms with Crippen molar-refractivity contribution in [2.45, 2.75) is 39.5 Å². The zero-order valence-electron chi connectivity index (χ0n) is 6.48. The summed E-state index contributed by atoms with van der Waals surface area (Å²) < 4.78 is 0. The molecule has 9 heavy (non-hydrogen) atoms. The van der Waals surface area contributed by atoms with Crippen molar-refractivity contribution in [2.75, 3.05) is 6.61 Å². The molecule has 0 aromatic carbocycles. The van der Waals surface area contributed by atoms with Gasteiger partial charge >= 0.3 is 0 Å². The molecule has 1 N–H and O–H groups in total. The van der Waals surface area contributed by atoms with Crippen LogP contribution in [0.2, 0.25) is 0 Å². The fourth-order valence-corrected chi connectivity index (χ4v) is 0.990. The Kier molecular flexibility index (Phi) is 6.06. The summed E-state index contributed by atoms with van der Waals surface area (Å²) in [5.74, 6) is 1.31. The molecule has 0 amide bonds. The largest absolute Gasteiger partial charge is 0.396 e. The van der Waals surface area contributed by atoms with Crippen LogP contribution in [0, 0.1) is 5.92 Å². The molecule has 1 heteroatoms. The fourth-order valence-electron chi connectivity index (χ4n) is 0.990. The first-order valence-electron chi connectivity index (χ1n) is 3.79. The standard InChI is InChI=1S/C8H17O/c1-3-5-8(7-9)6-4-2/h9H,3-7H2,1-2H3. The first kappa shape index (κ1) is 8.96. The van der Waals surface area contributed by atoms with Gasteiger partial charge in [-0.05, 0) is 12.8 Å². The summed E-state index contributed by atoms with van der Waals surface area (Å²) in [5, 5.41) is 8.75. The van der Waals surface area contributed by atoms with E-state index in [1.54, 1.807) is 0 Å². The number of aliphatic hydroxyl groups is 1. The quantitative estimate of drug-likeness (QED) is 0.603. The van der Waals surface area contributed by atoms with Crippen molar-refractivity contribution in [3.05, 3.63) is 5.92 Å². The highest BCUT2D eigenvalue weighted by Gasteiger charge is 2.03. The van der Waals surface area contributed by atoms with Gasteiger partial charge < -0.3 is 5.11 Å². The minimum absolute atomic E-state index is 0.293. The van der Waals surface area contributed by atoms with E-state index in [0.29, 0.717) is 6.61 Å². The highest BCUT2D eigenvalue weighted by Crippen LogP contribution is 2.13. The van der Waals surface area contributed by atoms with E-state index in [0.717, 1.165) is 25.7 Å². The molecule has 55 valence electrons. The van der Waals surface area contributed by atoms with Gasteiger partial charge in [0.2, 0.25) is 0 Å². The van der Waals surface area contributed by atoms with Gasteiger partial charge in [0.25, 0.3) is 0 Å². The average Bonchev–Trinajstić information content (AvgIpc) is 1.88. The third-order valence-corrected chi connectivity index (χ3v) is 1.43. The third kappa shape index (κ3) is 4.46. The van der Waals surface area contributed by atoms with Gasteiger partial charge in [-0.1, -0.05) is 26.7 Å². The highest BCUT2D eigenvalue weighted by atomic mass is 16.3. The number of hydrogen-bond donors (Lipinski definition) is 1. The molecule has 0 spiro atoms. The Morgan fingerprint density at radius 3 is 1.78 bits per heavy atom. The predicted octanol–water partition coefficient (Wildman–Crippen LogP) is 2.15. The SMILES string of the molecule is CCC[C](CO)CCC. The molecule has 0 aliphatic carbocycles. The van der Waals surface area contributed by atoms with Crippen molar-refractivity contribution in [3.8, 4) is 0 Å². The summed E-state index contributed by atoms with van der Waals surface area (Å²) in [5.41, 5.74) is 0. The van der Waals surface area contributed by atoms with Crippen LogP contribution in [0.4, 0.5) is 0 Å². The average molecular weight is 129 g/mol. The van der Waals surface area contributed by atoms with Crippen molar-refractivity contribution in [1.29, 1.82) is 0 Å². The van der Waals surface area contributed by atoms with Crippen LogP contribution in [-0.4, -0.2) is 11.7 Å². The molecule has 0 bridgehead atoms. The Labute approximate surface area is 58.1 Å². The maximum Gasteiger partial charge on any atom is 0.0493 e. The van der Waals surface area contributed by atoms with Crippen LogP contribution >= 0.6 is 0 Å². The summed E-state index contributed by atoms with van der Waals surface area (Å²) in [6.45, 7) is 4.58. The van der Waals surface area contributed by atoms with E-state index in [-0.39, 0.29) is 0 Å². The predicted molar refractivity (Wildman–Crippen MR) is 40.1 cm³/mol. The summed E-state index contributed by atoms with van der Waals surface area (Å²) in [7, 11) is 0. The smallest absolute Gasteiger partial charge is 0.0493 e. The maximum atomic E-state index is 8.75. The highest BCUT2D eigenvalue weighted by molar-refractivity contribution is 4.87. The van der Waals surface area contributed by atoms with Crippen LogP contribution in [0.5, 0.6) is 0 Å². The monoisotopic (exact) mass is 129 g/mol. The van der Waals surface area contributed by atoms with Crippen LogP contribution in [0.3, 0.4) is 0 Å². The molecule has 0 fully saturated rings. The summed E-state index contributed by atoms with van der Waals surface area (Å²) in [6, 6.07) is 0. The molecule has 0 unspecified atom stereocenters. The third-order valence-electron chi connectivity index (χ3n) is 1.43. The number of rotatable bonds is 5. The molecule has 0 rings (SSSR count). The van der Waals surface area contributed by atoms with Gasteiger partial charge in [-0.25, -0.2) is 0 Å². The molecule has 0 saturated carbocycles. The lowest BCUT2D eigenvalue weighted by molar-refractivity contribution is 0.293. The first-order valence-corrected chi connectivity index (χ1v) is 3.79. The minimum atomic E-state index is 0.293. The summed E-state index contributed by atoms with van der Waals surface area (Å²) in [4.78, 5) is 0. The molecule has 0 heterocycles. The van der Waals surface area contributed by atoms with Crippen LogP contribution in [0.15, 0.2) is 0 Å². The fraction of sp³-hybridized carbons (Fsp3) is 0.875. The molecule has 0 aromatic heterocycles. The molecule has 0 aromatic rings. The second-order valence-electron chi connectivity index (χ2n) is 2.41. The van der Waals surface area contributed by atoms with E-state index in [4.69, 9.17) is 5.11 Å². The molecule has 0 saturated heterocycles. The molecule has 0 aliphatic rings. The molecule has 1 nitrogen and oxygen atoms in total. The Balaban J connectivity index is 3.18. The van der Waals surface area contributed by atoms with Crippen molar-refractivity contribution in [3.63, 3.8) is 0 Å². The normalized spacial score (nSPS) is 10.7. The van der Waals surface area contributed by atoms with Crippen LogP contribution in [0.1, 0.15) is 39.5 Å². The number of aliphatic hydroxyl groups excluding tert-OH is 1. The van der Waals surface area contributed by atoms with E-state index in [2.05, 4.69) is 13.8 Å². The zero-order valence-corrected chi connectivity index (χ0v) is 6.48. The molecular formula is C8H17O. The van der Waals surface area contributed by atoms with Crippen molar-refractivity contribution in [1.82, 2.24) is 0 Å². The second kappa shape index (κ2) is 6.09.